The van der Waals surface area contributed by atoms with E-state index in [9.17, 15) is 4.79 Å². The topological polar surface area (TPSA) is 63.1 Å². The zero-order valence-electron chi connectivity index (χ0n) is 15.7. The summed E-state index contributed by atoms with van der Waals surface area (Å²) in [6.45, 7) is 6.71. The van der Waals surface area contributed by atoms with Gasteiger partial charge in [-0.25, -0.2) is 9.67 Å². The highest BCUT2D eigenvalue weighted by atomic mass is 16.1. The molecule has 27 heavy (non-hydrogen) atoms. The standard InChI is InChI=1S/C21H25N5O/c1-3-25(4-2)20(17-8-6-5-7-9-17)14-23-21(27)18-10-12-19(13-11-18)26-16-22-15-24-26/h5-13,15-16,20H,3-4,14H2,1-2H3,(H,23,27). The van der Waals surface area contributed by atoms with E-state index in [4.69, 9.17) is 0 Å². The fourth-order valence-corrected chi connectivity index (χ4v) is 3.20. The van der Waals surface area contributed by atoms with Crippen LogP contribution in [0, 0.1) is 0 Å². The van der Waals surface area contributed by atoms with E-state index in [1.54, 1.807) is 23.1 Å². The van der Waals surface area contributed by atoms with Gasteiger partial charge in [-0.2, -0.15) is 5.10 Å². The van der Waals surface area contributed by atoms with Gasteiger partial charge in [-0.15, -0.1) is 0 Å². The molecule has 6 nitrogen and oxygen atoms in total. The van der Waals surface area contributed by atoms with Crippen LogP contribution in [0.4, 0.5) is 0 Å². The molecule has 0 aliphatic rings. The SMILES string of the molecule is CCN(CC)C(CNC(=O)c1ccc(-n2cncn2)cc1)c1ccccc1. The van der Waals surface area contributed by atoms with E-state index in [-0.39, 0.29) is 11.9 Å². The van der Waals surface area contributed by atoms with E-state index >= 15 is 0 Å². The summed E-state index contributed by atoms with van der Waals surface area (Å²) in [6.07, 6.45) is 3.11. The average molecular weight is 363 g/mol. The average Bonchev–Trinajstić information content (AvgIpc) is 3.26. The van der Waals surface area contributed by atoms with Gasteiger partial charge < -0.3 is 5.32 Å². The van der Waals surface area contributed by atoms with E-state index in [0.717, 1.165) is 18.8 Å². The third-order valence-corrected chi connectivity index (χ3v) is 4.71. The Bertz CT molecular complexity index is 827. The Balaban J connectivity index is 1.68. The van der Waals surface area contributed by atoms with Crippen LogP contribution in [0.3, 0.4) is 0 Å². The summed E-state index contributed by atoms with van der Waals surface area (Å²) in [4.78, 5) is 18.9. The van der Waals surface area contributed by atoms with Crippen molar-refractivity contribution in [3.63, 3.8) is 0 Å². The highest BCUT2D eigenvalue weighted by Gasteiger charge is 2.19. The first-order chi connectivity index (χ1) is 13.2. The van der Waals surface area contributed by atoms with Gasteiger partial charge in [0.25, 0.3) is 5.91 Å². The van der Waals surface area contributed by atoms with Crippen molar-refractivity contribution in [3.8, 4) is 5.69 Å². The Morgan fingerprint density at radius 3 is 2.37 bits per heavy atom. The summed E-state index contributed by atoms with van der Waals surface area (Å²) in [7, 11) is 0. The molecule has 0 bridgehead atoms. The van der Waals surface area contributed by atoms with Crippen molar-refractivity contribution < 1.29 is 4.79 Å². The molecule has 140 valence electrons. The smallest absolute Gasteiger partial charge is 0.251 e. The number of hydrogen-bond donors (Lipinski definition) is 1. The monoisotopic (exact) mass is 363 g/mol. The number of aromatic nitrogens is 3. The number of carbonyl (C=O) groups excluding carboxylic acids is 1. The Morgan fingerprint density at radius 2 is 1.78 bits per heavy atom. The summed E-state index contributed by atoms with van der Waals surface area (Å²) >= 11 is 0. The van der Waals surface area contributed by atoms with Crippen LogP contribution in [0.1, 0.15) is 35.8 Å². The van der Waals surface area contributed by atoms with Gasteiger partial charge in [0.05, 0.1) is 11.7 Å². The minimum Gasteiger partial charge on any atom is -0.350 e. The first-order valence-corrected chi connectivity index (χ1v) is 9.25. The number of benzene rings is 2. The fraction of sp³-hybridized carbons (Fsp3) is 0.286. The summed E-state index contributed by atoms with van der Waals surface area (Å²) in [5.41, 5.74) is 2.71. The number of likely N-dealkylation sites (N-methyl/N-ethyl adjacent to an activating group) is 1. The highest BCUT2D eigenvalue weighted by molar-refractivity contribution is 5.94. The second-order valence-corrected chi connectivity index (χ2v) is 6.24. The summed E-state index contributed by atoms with van der Waals surface area (Å²) in [5, 5.41) is 7.18. The third kappa shape index (κ3) is 4.60. The molecular weight excluding hydrogens is 338 g/mol. The molecular formula is C21H25N5O. The molecule has 0 radical (unpaired) electrons. The molecule has 1 amide bonds. The summed E-state index contributed by atoms with van der Waals surface area (Å²) in [5.74, 6) is -0.0757. The van der Waals surface area contributed by atoms with Crippen LogP contribution in [0.5, 0.6) is 0 Å². The molecule has 0 saturated heterocycles. The lowest BCUT2D eigenvalue weighted by Gasteiger charge is -2.30. The maximum Gasteiger partial charge on any atom is 0.251 e. The number of rotatable bonds is 8. The molecule has 1 unspecified atom stereocenters. The molecule has 1 heterocycles. The van der Waals surface area contributed by atoms with Crippen LogP contribution in [-0.2, 0) is 0 Å². The van der Waals surface area contributed by atoms with E-state index in [2.05, 4.69) is 46.3 Å². The number of carbonyl (C=O) groups is 1. The minimum atomic E-state index is -0.0757. The molecule has 2 aromatic carbocycles. The van der Waals surface area contributed by atoms with Gasteiger partial charge in [-0.3, -0.25) is 9.69 Å². The van der Waals surface area contributed by atoms with Gasteiger partial charge in [-0.05, 0) is 42.9 Å². The van der Waals surface area contributed by atoms with Crippen molar-refractivity contribution in [1.82, 2.24) is 25.0 Å². The Morgan fingerprint density at radius 1 is 1.07 bits per heavy atom. The van der Waals surface area contributed by atoms with Gasteiger partial charge in [0.15, 0.2) is 0 Å². The second kappa shape index (κ2) is 9.09. The summed E-state index contributed by atoms with van der Waals surface area (Å²) < 4.78 is 1.66. The maximum atomic E-state index is 12.6. The maximum absolute atomic E-state index is 12.6. The quantitative estimate of drug-likeness (QED) is 0.668. The molecule has 3 rings (SSSR count). The van der Waals surface area contributed by atoms with Crippen LogP contribution >= 0.6 is 0 Å². The van der Waals surface area contributed by atoms with Crippen molar-refractivity contribution in [3.05, 3.63) is 78.4 Å². The minimum absolute atomic E-state index is 0.0757. The molecule has 0 spiro atoms. The van der Waals surface area contributed by atoms with Crippen LogP contribution < -0.4 is 5.32 Å². The third-order valence-electron chi connectivity index (χ3n) is 4.71. The lowest BCUT2D eigenvalue weighted by Crippen LogP contribution is -2.38. The Hall–Kier alpha value is -2.99. The van der Waals surface area contributed by atoms with Gasteiger partial charge in [-0.1, -0.05) is 44.2 Å². The van der Waals surface area contributed by atoms with Crippen molar-refractivity contribution in [2.45, 2.75) is 19.9 Å². The normalized spacial score (nSPS) is 12.1. The second-order valence-electron chi connectivity index (χ2n) is 6.24. The van der Waals surface area contributed by atoms with Gasteiger partial charge in [0.2, 0.25) is 0 Å². The number of hydrogen-bond acceptors (Lipinski definition) is 4. The lowest BCUT2D eigenvalue weighted by atomic mass is 10.0. The molecule has 1 atom stereocenters. The van der Waals surface area contributed by atoms with Crippen molar-refractivity contribution in [1.29, 1.82) is 0 Å². The predicted molar refractivity (Wildman–Crippen MR) is 106 cm³/mol. The first-order valence-electron chi connectivity index (χ1n) is 9.25. The number of nitrogens with one attached hydrogen (secondary N) is 1. The van der Waals surface area contributed by atoms with Crippen molar-refractivity contribution in [2.75, 3.05) is 19.6 Å². The van der Waals surface area contributed by atoms with Gasteiger partial charge >= 0.3 is 0 Å². The first kappa shape index (κ1) is 18.8. The molecule has 6 heteroatoms. The van der Waals surface area contributed by atoms with Crippen LogP contribution in [0.25, 0.3) is 5.69 Å². The molecule has 0 aliphatic carbocycles. The number of nitrogens with zero attached hydrogens (tertiary/aromatic N) is 4. The predicted octanol–water partition coefficient (Wildman–Crippen LogP) is 3.08. The van der Waals surface area contributed by atoms with E-state index < -0.39 is 0 Å². The van der Waals surface area contributed by atoms with Crippen molar-refractivity contribution >= 4 is 5.91 Å². The Kier molecular flexibility index (Phi) is 6.33. The van der Waals surface area contributed by atoms with E-state index in [1.165, 1.54) is 11.9 Å². The van der Waals surface area contributed by atoms with E-state index in [0.29, 0.717) is 12.1 Å². The Labute approximate surface area is 159 Å². The fourth-order valence-electron chi connectivity index (χ4n) is 3.20. The van der Waals surface area contributed by atoms with Gasteiger partial charge in [0, 0.05) is 12.1 Å². The number of amides is 1. The van der Waals surface area contributed by atoms with Crippen LogP contribution in [0.2, 0.25) is 0 Å². The largest absolute Gasteiger partial charge is 0.350 e. The van der Waals surface area contributed by atoms with Crippen molar-refractivity contribution in [2.24, 2.45) is 0 Å². The molecule has 3 aromatic rings. The lowest BCUT2D eigenvalue weighted by molar-refractivity contribution is 0.0935. The van der Waals surface area contributed by atoms with Gasteiger partial charge in [0.1, 0.15) is 12.7 Å². The van der Waals surface area contributed by atoms with E-state index in [1.807, 2.05) is 30.3 Å². The van der Waals surface area contributed by atoms with Crippen LogP contribution in [0.15, 0.2) is 67.3 Å². The zero-order valence-corrected chi connectivity index (χ0v) is 15.7. The van der Waals surface area contributed by atoms with Crippen LogP contribution in [-0.4, -0.2) is 45.2 Å². The zero-order chi connectivity index (χ0) is 19.1. The molecule has 0 saturated carbocycles. The highest BCUT2D eigenvalue weighted by Crippen LogP contribution is 2.19. The molecule has 0 aliphatic heterocycles. The molecule has 1 aromatic heterocycles. The molecule has 1 N–H and O–H groups in total. The summed E-state index contributed by atoms with van der Waals surface area (Å²) in [6, 6.07) is 17.8. The molecule has 0 fully saturated rings.